The van der Waals surface area contributed by atoms with Crippen molar-refractivity contribution in [3.8, 4) is 11.1 Å². The minimum Gasteiger partial charge on any atom is -0.368 e. The number of halogens is 1. The van der Waals surface area contributed by atoms with Crippen LogP contribution in [0, 0.1) is 0 Å². The minimum absolute atomic E-state index is 0.143. The molecule has 2 N–H and O–H groups in total. The second-order valence-electron chi connectivity index (χ2n) is 7.27. The van der Waals surface area contributed by atoms with Crippen molar-refractivity contribution < 1.29 is 8.42 Å². The van der Waals surface area contributed by atoms with Crippen LogP contribution in [-0.2, 0) is 10.2 Å². The van der Waals surface area contributed by atoms with Gasteiger partial charge in [0.1, 0.15) is 0 Å². The van der Waals surface area contributed by atoms with Crippen molar-refractivity contribution >= 4 is 27.8 Å². The van der Waals surface area contributed by atoms with Gasteiger partial charge in [0.2, 0.25) is 5.95 Å². The number of anilines is 1. The Morgan fingerprint density at radius 3 is 2.61 bits per heavy atom. The Hall–Kier alpha value is -1.74. The number of nitrogens with two attached hydrogens (primary N) is 1. The molecular formula is C19H24ClN5O2S. The molecular weight excluding hydrogens is 398 g/mol. The van der Waals surface area contributed by atoms with Crippen molar-refractivity contribution in [1.29, 1.82) is 0 Å². The van der Waals surface area contributed by atoms with Crippen LogP contribution < -0.4 is 5.73 Å². The number of nitrogen functional groups attached to an aromatic ring is 1. The van der Waals surface area contributed by atoms with Gasteiger partial charge in [0.25, 0.3) is 10.2 Å². The Morgan fingerprint density at radius 1 is 1.11 bits per heavy atom. The first kappa shape index (κ1) is 19.6. The predicted molar refractivity (Wildman–Crippen MR) is 110 cm³/mol. The molecule has 0 saturated carbocycles. The van der Waals surface area contributed by atoms with Crippen molar-refractivity contribution in [2.24, 2.45) is 0 Å². The molecule has 0 aliphatic carbocycles. The molecule has 2 fully saturated rings. The van der Waals surface area contributed by atoms with Gasteiger partial charge in [0.05, 0.1) is 11.7 Å². The van der Waals surface area contributed by atoms with E-state index >= 15 is 0 Å². The van der Waals surface area contributed by atoms with Gasteiger partial charge in [-0.05, 0) is 43.4 Å². The zero-order valence-electron chi connectivity index (χ0n) is 15.6. The van der Waals surface area contributed by atoms with Crippen LogP contribution in [0.4, 0.5) is 5.95 Å². The molecule has 0 radical (unpaired) electrons. The minimum atomic E-state index is -3.54. The van der Waals surface area contributed by atoms with E-state index in [1.807, 2.05) is 18.2 Å². The molecule has 3 heterocycles. The molecule has 9 heteroatoms. The number of nitrogens with zero attached hydrogens (tertiary/aromatic N) is 4. The standard InChI is InChI=1S/C19H24ClN5O2S/c20-15-7-5-6-14(12-15)16-13-22-19(21)23-18(16)17-8-1-2-11-25(17)28(26,27)24-9-3-4-10-24/h5-7,12-13,17H,1-4,8-11H2,(H2,21,22,23)/t17-/m0/s1. The van der Waals surface area contributed by atoms with E-state index in [0.717, 1.165) is 36.8 Å². The van der Waals surface area contributed by atoms with Crippen molar-refractivity contribution in [3.63, 3.8) is 0 Å². The van der Waals surface area contributed by atoms with Crippen molar-refractivity contribution in [2.45, 2.75) is 38.1 Å². The lowest BCUT2D eigenvalue weighted by atomic mass is 9.95. The van der Waals surface area contributed by atoms with E-state index in [1.54, 1.807) is 20.9 Å². The summed E-state index contributed by atoms with van der Waals surface area (Å²) in [5.74, 6) is 0.143. The Labute approximate surface area is 170 Å². The van der Waals surface area contributed by atoms with Crippen molar-refractivity contribution in [3.05, 3.63) is 41.2 Å². The summed E-state index contributed by atoms with van der Waals surface area (Å²) in [5.41, 5.74) is 8.16. The molecule has 7 nitrogen and oxygen atoms in total. The fourth-order valence-corrected chi connectivity index (χ4v) is 6.16. The average Bonchev–Trinajstić information content (AvgIpc) is 3.24. The van der Waals surface area contributed by atoms with Crippen LogP contribution in [0.25, 0.3) is 11.1 Å². The lowest BCUT2D eigenvalue weighted by Crippen LogP contribution is -2.46. The van der Waals surface area contributed by atoms with Gasteiger partial charge in [-0.1, -0.05) is 30.2 Å². The van der Waals surface area contributed by atoms with Crippen LogP contribution in [-0.4, -0.2) is 46.6 Å². The zero-order chi connectivity index (χ0) is 19.7. The molecule has 2 aliphatic heterocycles. The first-order valence-corrected chi connectivity index (χ1v) is 11.4. The highest BCUT2D eigenvalue weighted by atomic mass is 35.5. The quantitative estimate of drug-likeness (QED) is 0.817. The molecule has 2 aliphatic rings. The highest BCUT2D eigenvalue weighted by Crippen LogP contribution is 2.39. The Bertz CT molecular complexity index is 963. The highest BCUT2D eigenvalue weighted by molar-refractivity contribution is 7.86. The van der Waals surface area contributed by atoms with Crippen LogP contribution >= 0.6 is 11.6 Å². The average molecular weight is 422 g/mol. The van der Waals surface area contributed by atoms with Crippen molar-refractivity contribution in [1.82, 2.24) is 18.6 Å². The Kier molecular flexibility index (Phi) is 5.55. The van der Waals surface area contributed by atoms with E-state index < -0.39 is 10.2 Å². The maximum absolute atomic E-state index is 13.3. The van der Waals surface area contributed by atoms with Gasteiger partial charge in [0, 0.05) is 36.4 Å². The topological polar surface area (TPSA) is 92.4 Å². The normalized spacial score (nSPS) is 21.8. The third kappa shape index (κ3) is 3.74. The van der Waals surface area contributed by atoms with Gasteiger partial charge < -0.3 is 5.73 Å². The number of hydrogen-bond donors (Lipinski definition) is 1. The second kappa shape index (κ2) is 7.94. The van der Waals surface area contributed by atoms with E-state index in [2.05, 4.69) is 9.97 Å². The number of rotatable bonds is 4. The summed E-state index contributed by atoms with van der Waals surface area (Å²) < 4.78 is 29.8. The fourth-order valence-electron chi connectivity index (χ4n) is 4.06. The van der Waals surface area contributed by atoms with Gasteiger partial charge in [0.15, 0.2) is 0 Å². The molecule has 0 bridgehead atoms. The highest BCUT2D eigenvalue weighted by Gasteiger charge is 2.39. The molecule has 150 valence electrons. The molecule has 1 aromatic carbocycles. The van der Waals surface area contributed by atoms with E-state index in [9.17, 15) is 8.42 Å². The first-order valence-electron chi connectivity index (χ1n) is 9.62. The van der Waals surface area contributed by atoms with Gasteiger partial charge in [-0.3, -0.25) is 0 Å². The fraction of sp³-hybridized carbons (Fsp3) is 0.474. The molecule has 2 aromatic rings. The van der Waals surface area contributed by atoms with Gasteiger partial charge in [-0.15, -0.1) is 0 Å². The molecule has 1 aromatic heterocycles. The van der Waals surface area contributed by atoms with Crippen LogP contribution in [0.3, 0.4) is 0 Å². The summed E-state index contributed by atoms with van der Waals surface area (Å²) in [6.45, 7) is 1.65. The third-order valence-corrected chi connectivity index (χ3v) is 7.71. The Morgan fingerprint density at radius 2 is 1.86 bits per heavy atom. The van der Waals surface area contributed by atoms with Crippen molar-refractivity contribution in [2.75, 3.05) is 25.4 Å². The summed E-state index contributed by atoms with van der Waals surface area (Å²) in [6, 6.07) is 7.05. The number of aromatic nitrogens is 2. The summed E-state index contributed by atoms with van der Waals surface area (Å²) >= 11 is 6.17. The molecule has 0 spiro atoms. The van der Waals surface area contributed by atoms with Gasteiger partial charge in [-0.2, -0.15) is 17.0 Å². The molecule has 2 saturated heterocycles. The van der Waals surface area contributed by atoms with E-state index in [0.29, 0.717) is 36.8 Å². The van der Waals surface area contributed by atoms with E-state index in [-0.39, 0.29) is 12.0 Å². The van der Waals surface area contributed by atoms with Crippen LogP contribution in [0.15, 0.2) is 30.5 Å². The summed E-state index contributed by atoms with van der Waals surface area (Å²) in [5, 5.41) is 0.602. The molecule has 28 heavy (non-hydrogen) atoms. The monoisotopic (exact) mass is 421 g/mol. The van der Waals surface area contributed by atoms with E-state index in [4.69, 9.17) is 17.3 Å². The molecule has 0 unspecified atom stereocenters. The summed E-state index contributed by atoms with van der Waals surface area (Å²) in [7, 11) is -3.54. The summed E-state index contributed by atoms with van der Waals surface area (Å²) in [4.78, 5) is 8.64. The Balaban J connectivity index is 1.79. The number of hydrogen-bond acceptors (Lipinski definition) is 5. The third-order valence-electron chi connectivity index (χ3n) is 5.43. The molecule has 1 atom stereocenters. The van der Waals surface area contributed by atoms with Crippen LogP contribution in [0.2, 0.25) is 5.02 Å². The molecule has 4 rings (SSSR count). The second-order valence-corrected chi connectivity index (χ2v) is 9.59. The number of benzene rings is 1. The number of piperidine rings is 1. The first-order chi connectivity index (χ1) is 13.5. The largest absolute Gasteiger partial charge is 0.368 e. The van der Waals surface area contributed by atoms with Crippen LogP contribution in [0.5, 0.6) is 0 Å². The van der Waals surface area contributed by atoms with E-state index in [1.165, 1.54) is 0 Å². The van der Waals surface area contributed by atoms with Gasteiger partial charge in [-0.25, -0.2) is 9.97 Å². The summed E-state index contributed by atoms with van der Waals surface area (Å²) in [6.07, 6.45) is 5.97. The zero-order valence-corrected chi connectivity index (χ0v) is 17.2. The molecule has 0 amide bonds. The van der Waals surface area contributed by atoms with Crippen LogP contribution in [0.1, 0.15) is 43.8 Å². The lowest BCUT2D eigenvalue weighted by Gasteiger charge is -2.37. The SMILES string of the molecule is Nc1ncc(-c2cccc(Cl)c2)c([C@@H]2CCCCN2S(=O)(=O)N2CCCC2)n1. The predicted octanol–water partition coefficient (Wildman–Crippen LogP) is 3.25. The maximum atomic E-state index is 13.3. The maximum Gasteiger partial charge on any atom is 0.282 e. The smallest absolute Gasteiger partial charge is 0.282 e. The lowest BCUT2D eigenvalue weighted by molar-refractivity contribution is 0.235. The van der Waals surface area contributed by atoms with Gasteiger partial charge >= 0.3 is 0 Å².